The van der Waals surface area contributed by atoms with Crippen LogP contribution in [0.3, 0.4) is 0 Å². The number of hydrogen-bond donors (Lipinski definition) is 1. The lowest BCUT2D eigenvalue weighted by Gasteiger charge is -1.85. The normalized spacial score (nSPS) is 10.1. The van der Waals surface area contributed by atoms with Crippen LogP contribution < -0.4 is 5.73 Å². The van der Waals surface area contributed by atoms with Gasteiger partial charge in [0.05, 0.1) is 3.79 Å². The maximum absolute atomic E-state index is 12.3. The minimum Gasteiger partial charge on any atom is -0.326 e. The van der Waals surface area contributed by atoms with Crippen molar-refractivity contribution in [3.05, 3.63) is 20.5 Å². The van der Waals surface area contributed by atoms with Crippen LogP contribution in [0.2, 0.25) is 0 Å². The largest absolute Gasteiger partial charge is 0.326 e. The van der Waals surface area contributed by atoms with E-state index in [0.717, 1.165) is 20.7 Å². The van der Waals surface area contributed by atoms with Crippen LogP contribution >= 0.6 is 27.3 Å². The third-order valence-electron chi connectivity index (χ3n) is 0.947. The van der Waals surface area contributed by atoms with E-state index in [4.69, 9.17) is 5.73 Å². The van der Waals surface area contributed by atoms with Crippen molar-refractivity contribution in [2.75, 3.05) is 0 Å². The Labute approximate surface area is 64.8 Å². The second-order valence-electron chi connectivity index (χ2n) is 1.55. The molecule has 0 aliphatic rings. The molecule has 0 aromatic carbocycles. The summed E-state index contributed by atoms with van der Waals surface area (Å²) >= 11 is 4.24. The number of rotatable bonds is 1. The summed E-state index contributed by atoms with van der Waals surface area (Å²) in [5.41, 5.74) is 6.10. The first-order valence-corrected chi connectivity index (χ1v) is 3.98. The predicted octanol–water partition coefficient (Wildman–Crippen LogP) is 2.11. The lowest BCUT2D eigenvalue weighted by Crippen LogP contribution is -1.93. The topological polar surface area (TPSA) is 26.0 Å². The quantitative estimate of drug-likeness (QED) is 0.754. The van der Waals surface area contributed by atoms with Crippen molar-refractivity contribution >= 4 is 27.3 Å². The standard InChI is InChI=1S/C5H5BrFNS/c6-5-3(2-8)1-4(7)9-5/h1H,2,8H2. The Balaban J connectivity index is 3.01. The molecule has 1 rings (SSSR count). The van der Waals surface area contributed by atoms with Gasteiger partial charge in [-0.2, -0.15) is 4.39 Å². The van der Waals surface area contributed by atoms with Crippen molar-refractivity contribution in [3.8, 4) is 0 Å². The third kappa shape index (κ3) is 1.50. The first kappa shape index (κ1) is 7.18. The van der Waals surface area contributed by atoms with Gasteiger partial charge in [0.2, 0.25) is 0 Å². The summed E-state index contributed by atoms with van der Waals surface area (Å²) in [4.78, 5) is 0. The first-order chi connectivity index (χ1) is 4.24. The molecule has 0 aliphatic heterocycles. The van der Waals surface area contributed by atoms with Crippen LogP contribution in [0.4, 0.5) is 4.39 Å². The summed E-state index contributed by atoms with van der Waals surface area (Å²) in [5.74, 6) is 0. The van der Waals surface area contributed by atoms with E-state index < -0.39 is 0 Å². The zero-order valence-corrected chi connectivity index (χ0v) is 6.93. The molecule has 0 amide bonds. The van der Waals surface area contributed by atoms with E-state index in [1.54, 1.807) is 0 Å². The van der Waals surface area contributed by atoms with E-state index in [1.807, 2.05) is 0 Å². The number of thiophene rings is 1. The first-order valence-electron chi connectivity index (χ1n) is 2.38. The van der Waals surface area contributed by atoms with Crippen molar-refractivity contribution in [1.82, 2.24) is 0 Å². The average Bonchev–Trinajstić information content (AvgIpc) is 2.10. The number of halogens is 2. The van der Waals surface area contributed by atoms with E-state index in [0.29, 0.717) is 6.54 Å². The van der Waals surface area contributed by atoms with Gasteiger partial charge in [-0.05, 0) is 27.6 Å². The second-order valence-corrected chi connectivity index (χ2v) is 3.87. The van der Waals surface area contributed by atoms with Gasteiger partial charge in [-0.25, -0.2) is 0 Å². The molecule has 50 valence electrons. The van der Waals surface area contributed by atoms with Crippen LogP contribution in [0, 0.1) is 5.13 Å². The summed E-state index contributed by atoms with van der Waals surface area (Å²) in [6.45, 7) is 0.390. The van der Waals surface area contributed by atoms with E-state index in [9.17, 15) is 4.39 Å². The van der Waals surface area contributed by atoms with Gasteiger partial charge in [-0.15, -0.1) is 0 Å². The van der Waals surface area contributed by atoms with E-state index in [2.05, 4.69) is 15.9 Å². The molecule has 0 unspecified atom stereocenters. The molecule has 0 saturated carbocycles. The SMILES string of the molecule is NCc1cc(F)sc1Br. The highest BCUT2D eigenvalue weighted by Crippen LogP contribution is 2.25. The highest BCUT2D eigenvalue weighted by molar-refractivity contribution is 9.11. The minimum atomic E-state index is -0.192. The molecule has 1 aromatic heterocycles. The maximum atomic E-state index is 12.3. The van der Waals surface area contributed by atoms with Crippen molar-refractivity contribution in [3.63, 3.8) is 0 Å². The molecule has 0 bridgehead atoms. The van der Waals surface area contributed by atoms with E-state index in [1.165, 1.54) is 6.07 Å². The zero-order valence-electron chi connectivity index (χ0n) is 4.53. The predicted molar refractivity (Wildman–Crippen MR) is 39.9 cm³/mol. The highest BCUT2D eigenvalue weighted by Gasteiger charge is 2.02. The summed E-state index contributed by atoms with van der Waals surface area (Å²) in [5, 5.41) is -0.192. The molecular formula is C5H5BrFNS. The molecule has 1 nitrogen and oxygen atoms in total. The summed E-state index contributed by atoms with van der Waals surface area (Å²) in [6, 6.07) is 1.44. The molecular weight excluding hydrogens is 205 g/mol. The lowest BCUT2D eigenvalue weighted by atomic mass is 10.3. The van der Waals surface area contributed by atoms with Crippen LogP contribution in [-0.4, -0.2) is 0 Å². The van der Waals surface area contributed by atoms with Gasteiger partial charge in [0, 0.05) is 6.54 Å². The Morgan fingerprint density at radius 2 is 2.44 bits per heavy atom. The van der Waals surface area contributed by atoms with Crippen LogP contribution in [0.25, 0.3) is 0 Å². The zero-order chi connectivity index (χ0) is 6.85. The van der Waals surface area contributed by atoms with Crippen molar-refractivity contribution in [1.29, 1.82) is 0 Å². The third-order valence-corrected chi connectivity index (χ3v) is 2.70. The summed E-state index contributed by atoms with van der Waals surface area (Å²) in [7, 11) is 0. The molecule has 4 heteroatoms. The maximum Gasteiger partial charge on any atom is 0.177 e. The monoisotopic (exact) mass is 209 g/mol. The number of hydrogen-bond acceptors (Lipinski definition) is 2. The van der Waals surface area contributed by atoms with Crippen LogP contribution in [-0.2, 0) is 6.54 Å². The highest BCUT2D eigenvalue weighted by atomic mass is 79.9. The Morgan fingerprint density at radius 1 is 1.78 bits per heavy atom. The molecule has 9 heavy (non-hydrogen) atoms. The Kier molecular flexibility index (Phi) is 2.21. The summed E-state index contributed by atoms with van der Waals surface area (Å²) in [6.07, 6.45) is 0. The van der Waals surface area contributed by atoms with E-state index in [-0.39, 0.29) is 5.13 Å². The molecule has 0 radical (unpaired) electrons. The molecule has 0 spiro atoms. The second kappa shape index (κ2) is 2.77. The van der Waals surface area contributed by atoms with Gasteiger partial charge in [-0.1, -0.05) is 11.3 Å². The van der Waals surface area contributed by atoms with Crippen LogP contribution in [0.1, 0.15) is 5.56 Å². The van der Waals surface area contributed by atoms with Gasteiger partial charge >= 0.3 is 0 Å². The average molecular weight is 210 g/mol. The van der Waals surface area contributed by atoms with Gasteiger partial charge in [0.1, 0.15) is 0 Å². The van der Waals surface area contributed by atoms with Crippen LogP contribution in [0.5, 0.6) is 0 Å². The fourth-order valence-corrected chi connectivity index (χ4v) is 1.90. The van der Waals surface area contributed by atoms with Crippen molar-refractivity contribution in [2.24, 2.45) is 5.73 Å². The molecule has 1 aromatic rings. The molecule has 0 saturated heterocycles. The van der Waals surface area contributed by atoms with E-state index >= 15 is 0 Å². The fourth-order valence-electron chi connectivity index (χ4n) is 0.514. The van der Waals surface area contributed by atoms with Gasteiger partial charge in [0.25, 0.3) is 0 Å². The smallest absolute Gasteiger partial charge is 0.177 e. The van der Waals surface area contributed by atoms with Crippen molar-refractivity contribution < 1.29 is 4.39 Å². The van der Waals surface area contributed by atoms with Crippen molar-refractivity contribution in [2.45, 2.75) is 6.54 Å². The Morgan fingerprint density at radius 3 is 2.67 bits per heavy atom. The molecule has 1 heterocycles. The van der Waals surface area contributed by atoms with Crippen LogP contribution in [0.15, 0.2) is 9.85 Å². The molecule has 0 aliphatic carbocycles. The molecule has 0 fully saturated rings. The molecule has 2 N–H and O–H groups in total. The van der Waals surface area contributed by atoms with Gasteiger partial charge in [-0.3, -0.25) is 0 Å². The lowest BCUT2D eigenvalue weighted by molar-refractivity contribution is 0.656. The van der Waals surface area contributed by atoms with Gasteiger partial charge in [0.15, 0.2) is 5.13 Å². The minimum absolute atomic E-state index is 0.192. The van der Waals surface area contributed by atoms with Gasteiger partial charge < -0.3 is 5.73 Å². The fraction of sp³-hybridized carbons (Fsp3) is 0.200. The Bertz CT molecular complexity index is 211. The summed E-state index contributed by atoms with van der Waals surface area (Å²) < 4.78 is 13.1. The molecule has 0 atom stereocenters. The Hall–Kier alpha value is 0.0700. The number of nitrogens with two attached hydrogens (primary N) is 1.